The molecule has 2 aliphatic rings. The third-order valence-electron chi connectivity index (χ3n) is 3.11. The van der Waals surface area contributed by atoms with E-state index < -0.39 is 0 Å². The van der Waals surface area contributed by atoms with Crippen LogP contribution < -0.4 is 0 Å². The standard InChI is InChI=1S/C10H18N2O/c1-8(2)12-7-9-4-3-5-11(6-9)10(12)13/h8-9H,3-7H2,1-2H3. The van der Waals surface area contributed by atoms with E-state index in [1.54, 1.807) is 0 Å². The fourth-order valence-electron chi connectivity index (χ4n) is 2.36. The minimum Gasteiger partial charge on any atom is -0.324 e. The predicted molar refractivity (Wildman–Crippen MR) is 51.5 cm³/mol. The van der Waals surface area contributed by atoms with Crippen molar-refractivity contribution in [3.05, 3.63) is 0 Å². The van der Waals surface area contributed by atoms with Crippen molar-refractivity contribution < 1.29 is 4.79 Å². The highest BCUT2D eigenvalue weighted by atomic mass is 16.2. The Balaban J connectivity index is 2.11. The van der Waals surface area contributed by atoms with Gasteiger partial charge < -0.3 is 9.80 Å². The monoisotopic (exact) mass is 182 g/mol. The summed E-state index contributed by atoms with van der Waals surface area (Å²) in [5.41, 5.74) is 0. The van der Waals surface area contributed by atoms with Crippen LogP contribution in [-0.4, -0.2) is 41.5 Å². The minimum atomic E-state index is 0.256. The average molecular weight is 182 g/mol. The molecule has 3 heteroatoms. The second kappa shape index (κ2) is 3.20. The Morgan fingerprint density at radius 1 is 1.38 bits per heavy atom. The van der Waals surface area contributed by atoms with Gasteiger partial charge in [0.2, 0.25) is 0 Å². The highest BCUT2D eigenvalue weighted by molar-refractivity contribution is 5.75. The maximum absolute atomic E-state index is 11.8. The number of carbonyl (C=O) groups excluding carboxylic acids is 1. The molecule has 2 fully saturated rings. The molecular formula is C10H18N2O. The van der Waals surface area contributed by atoms with E-state index in [-0.39, 0.29) is 6.03 Å². The topological polar surface area (TPSA) is 23.6 Å². The molecule has 0 radical (unpaired) electrons. The lowest BCUT2D eigenvalue weighted by Crippen LogP contribution is -2.57. The van der Waals surface area contributed by atoms with Crippen LogP contribution in [0.25, 0.3) is 0 Å². The van der Waals surface area contributed by atoms with Crippen LogP contribution in [0.3, 0.4) is 0 Å². The summed E-state index contributed by atoms with van der Waals surface area (Å²) in [6.07, 6.45) is 2.50. The van der Waals surface area contributed by atoms with Gasteiger partial charge in [-0.2, -0.15) is 0 Å². The van der Waals surface area contributed by atoms with Gasteiger partial charge in [0, 0.05) is 25.7 Å². The molecule has 1 unspecified atom stereocenters. The number of fused-ring (bicyclic) bond motifs is 2. The van der Waals surface area contributed by atoms with Gasteiger partial charge >= 0.3 is 6.03 Å². The van der Waals surface area contributed by atoms with Crippen molar-refractivity contribution in [1.82, 2.24) is 9.80 Å². The highest BCUT2D eigenvalue weighted by Gasteiger charge is 2.35. The number of piperidine rings is 1. The Kier molecular flexibility index (Phi) is 2.18. The van der Waals surface area contributed by atoms with Gasteiger partial charge in [0.05, 0.1) is 0 Å². The number of hydrogen-bond donors (Lipinski definition) is 0. The Labute approximate surface area is 79.7 Å². The zero-order chi connectivity index (χ0) is 9.42. The zero-order valence-corrected chi connectivity index (χ0v) is 8.49. The molecule has 13 heavy (non-hydrogen) atoms. The first-order valence-electron chi connectivity index (χ1n) is 5.24. The molecule has 2 bridgehead atoms. The number of hydrogen-bond acceptors (Lipinski definition) is 1. The zero-order valence-electron chi connectivity index (χ0n) is 8.49. The number of amides is 2. The van der Waals surface area contributed by atoms with E-state index in [2.05, 4.69) is 13.8 Å². The van der Waals surface area contributed by atoms with Crippen LogP contribution in [-0.2, 0) is 0 Å². The lowest BCUT2D eigenvalue weighted by Gasteiger charge is -2.45. The molecule has 1 atom stereocenters. The molecule has 2 heterocycles. The summed E-state index contributed by atoms with van der Waals surface area (Å²) < 4.78 is 0. The second-order valence-electron chi connectivity index (χ2n) is 4.48. The van der Waals surface area contributed by atoms with Gasteiger partial charge in [-0.25, -0.2) is 4.79 Å². The van der Waals surface area contributed by atoms with E-state index >= 15 is 0 Å². The SMILES string of the molecule is CC(C)N1CC2CCCN(C2)C1=O. The normalized spacial score (nSPS) is 28.5. The van der Waals surface area contributed by atoms with Crippen molar-refractivity contribution in [3.63, 3.8) is 0 Å². The molecule has 0 N–H and O–H groups in total. The largest absolute Gasteiger partial charge is 0.324 e. The lowest BCUT2D eigenvalue weighted by atomic mass is 9.95. The Hall–Kier alpha value is -0.730. The molecule has 2 amide bonds. The average Bonchev–Trinajstić information content (AvgIpc) is 2.12. The molecule has 0 spiro atoms. The van der Waals surface area contributed by atoms with Gasteiger partial charge in [-0.1, -0.05) is 0 Å². The molecule has 2 saturated heterocycles. The quantitative estimate of drug-likeness (QED) is 0.603. The van der Waals surface area contributed by atoms with E-state index in [4.69, 9.17) is 0 Å². The van der Waals surface area contributed by atoms with Crippen LogP contribution in [0.15, 0.2) is 0 Å². The molecule has 74 valence electrons. The van der Waals surface area contributed by atoms with Crippen LogP contribution in [0.1, 0.15) is 26.7 Å². The van der Waals surface area contributed by atoms with Gasteiger partial charge in [-0.05, 0) is 32.6 Å². The molecule has 2 aliphatic heterocycles. The van der Waals surface area contributed by atoms with Crippen molar-refractivity contribution >= 4 is 6.03 Å². The van der Waals surface area contributed by atoms with Crippen molar-refractivity contribution in [3.8, 4) is 0 Å². The Bertz CT molecular complexity index is 215. The summed E-state index contributed by atoms with van der Waals surface area (Å²) in [6.45, 7) is 7.15. The van der Waals surface area contributed by atoms with E-state index in [9.17, 15) is 4.79 Å². The maximum Gasteiger partial charge on any atom is 0.320 e. The van der Waals surface area contributed by atoms with Crippen molar-refractivity contribution in [2.75, 3.05) is 19.6 Å². The summed E-state index contributed by atoms with van der Waals surface area (Å²) in [7, 11) is 0. The van der Waals surface area contributed by atoms with Crippen LogP contribution >= 0.6 is 0 Å². The number of nitrogens with zero attached hydrogens (tertiary/aromatic N) is 2. The Morgan fingerprint density at radius 3 is 2.85 bits per heavy atom. The number of rotatable bonds is 1. The van der Waals surface area contributed by atoms with Crippen molar-refractivity contribution in [1.29, 1.82) is 0 Å². The molecule has 3 nitrogen and oxygen atoms in total. The van der Waals surface area contributed by atoms with E-state index in [1.807, 2.05) is 9.80 Å². The van der Waals surface area contributed by atoms with Gasteiger partial charge in [0.25, 0.3) is 0 Å². The van der Waals surface area contributed by atoms with Gasteiger partial charge in [0.15, 0.2) is 0 Å². The van der Waals surface area contributed by atoms with Gasteiger partial charge in [-0.3, -0.25) is 0 Å². The smallest absolute Gasteiger partial charge is 0.320 e. The number of carbonyl (C=O) groups is 1. The molecule has 0 saturated carbocycles. The molecule has 0 aliphatic carbocycles. The third kappa shape index (κ3) is 1.52. The second-order valence-corrected chi connectivity index (χ2v) is 4.48. The van der Waals surface area contributed by atoms with Gasteiger partial charge in [0.1, 0.15) is 0 Å². The predicted octanol–water partition coefficient (Wildman–Crippen LogP) is 1.54. The molecule has 0 aromatic rings. The van der Waals surface area contributed by atoms with E-state index in [1.165, 1.54) is 12.8 Å². The fourth-order valence-corrected chi connectivity index (χ4v) is 2.36. The summed E-state index contributed by atoms with van der Waals surface area (Å²) in [6, 6.07) is 0.613. The Morgan fingerprint density at radius 2 is 2.15 bits per heavy atom. The first kappa shape index (κ1) is 8.85. The maximum atomic E-state index is 11.8. The summed E-state index contributed by atoms with van der Waals surface area (Å²) in [4.78, 5) is 15.8. The molecule has 0 aromatic heterocycles. The van der Waals surface area contributed by atoms with Crippen molar-refractivity contribution in [2.45, 2.75) is 32.7 Å². The van der Waals surface area contributed by atoms with Crippen LogP contribution in [0, 0.1) is 5.92 Å². The van der Waals surface area contributed by atoms with Crippen LogP contribution in [0.4, 0.5) is 4.79 Å². The van der Waals surface area contributed by atoms with Crippen molar-refractivity contribution in [2.24, 2.45) is 5.92 Å². The van der Waals surface area contributed by atoms with Crippen LogP contribution in [0.2, 0.25) is 0 Å². The minimum absolute atomic E-state index is 0.256. The summed E-state index contributed by atoms with van der Waals surface area (Å²) in [5, 5.41) is 0. The first-order chi connectivity index (χ1) is 6.18. The highest BCUT2D eigenvalue weighted by Crippen LogP contribution is 2.25. The molecular weight excluding hydrogens is 164 g/mol. The number of urea groups is 1. The first-order valence-corrected chi connectivity index (χ1v) is 5.24. The summed E-state index contributed by atoms with van der Waals surface area (Å²) >= 11 is 0. The van der Waals surface area contributed by atoms with E-state index in [0.717, 1.165) is 25.6 Å². The fraction of sp³-hybridized carbons (Fsp3) is 0.900. The molecule has 2 rings (SSSR count). The summed E-state index contributed by atoms with van der Waals surface area (Å²) in [5.74, 6) is 0.730. The lowest BCUT2D eigenvalue weighted by molar-refractivity contribution is 0.0664. The van der Waals surface area contributed by atoms with Gasteiger partial charge in [-0.15, -0.1) is 0 Å². The van der Waals surface area contributed by atoms with Crippen LogP contribution in [0.5, 0.6) is 0 Å². The molecule has 0 aromatic carbocycles. The third-order valence-corrected chi connectivity index (χ3v) is 3.11. The van der Waals surface area contributed by atoms with E-state index in [0.29, 0.717) is 6.04 Å².